The van der Waals surface area contributed by atoms with Crippen LogP contribution in [0, 0.1) is 0 Å². The molecule has 0 aromatic rings. The van der Waals surface area contributed by atoms with Crippen molar-refractivity contribution >= 4 is 18.0 Å². The fourth-order valence-electron chi connectivity index (χ4n) is 2.16. The molecule has 21 heavy (non-hydrogen) atoms. The molecule has 1 aliphatic heterocycles. The molecule has 1 atom stereocenters. The van der Waals surface area contributed by atoms with Crippen molar-refractivity contribution in [3.8, 4) is 0 Å². The Morgan fingerprint density at radius 2 is 1.95 bits per heavy atom. The second-order valence-electron chi connectivity index (χ2n) is 5.20. The Morgan fingerprint density at radius 1 is 1.33 bits per heavy atom. The summed E-state index contributed by atoms with van der Waals surface area (Å²) in [5.74, 6) is -1.67. The van der Waals surface area contributed by atoms with Crippen molar-refractivity contribution in [1.82, 2.24) is 15.5 Å². The first-order chi connectivity index (χ1) is 9.92. The van der Waals surface area contributed by atoms with Crippen LogP contribution in [0.1, 0.15) is 25.7 Å². The number of piperidine rings is 1. The highest BCUT2D eigenvalue weighted by Crippen LogP contribution is 2.08. The van der Waals surface area contributed by atoms with Gasteiger partial charge in [0.05, 0.1) is 7.11 Å². The molecule has 0 radical (unpaired) electrons. The first-order valence-electron chi connectivity index (χ1n) is 6.97. The number of likely N-dealkylation sites (tertiary alicyclic amines) is 1. The number of nitrogens with zero attached hydrogens (tertiary/aromatic N) is 1. The van der Waals surface area contributed by atoms with E-state index in [1.807, 2.05) is 7.05 Å². The van der Waals surface area contributed by atoms with Crippen LogP contribution in [0.4, 0.5) is 4.79 Å². The normalized spacial score (nSPS) is 17.8. The van der Waals surface area contributed by atoms with E-state index < -0.39 is 24.0 Å². The molecule has 1 aliphatic rings. The predicted octanol–water partition coefficient (Wildman–Crippen LogP) is -0.214. The van der Waals surface area contributed by atoms with E-state index in [0.717, 1.165) is 25.9 Å². The molecule has 8 heteroatoms. The summed E-state index contributed by atoms with van der Waals surface area (Å²) in [5.41, 5.74) is 0. The highest BCUT2D eigenvalue weighted by molar-refractivity contribution is 5.83. The number of urea groups is 1. The van der Waals surface area contributed by atoms with Gasteiger partial charge in [0.15, 0.2) is 0 Å². The van der Waals surface area contributed by atoms with Gasteiger partial charge in [0.1, 0.15) is 6.04 Å². The number of amides is 2. The number of ether oxygens (including phenoxy) is 1. The number of methoxy groups -OCH3 is 1. The van der Waals surface area contributed by atoms with Gasteiger partial charge in [0.2, 0.25) is 0 Å². The number of carboxylic acid groups (broad SMARTS) is 1. The first kappa shape index (κ1) is 17.2. The highest BCUT2D eigenvalue weighted by atomic mass is 16.5. The van der Waals surface area contributed by atoms with Crippen molar-refractivity contribution in [3.63, 3.8) is 0 Å². The van der Waals surface area contributed by atoms with Crippen LogP contribution in [-0.2, 0) is 14.3 Å². The third kappa shape index (κ3) is 6.44. The summed E-state index contributed by atoms with van der Waals surface area (Å²) in [6.07, 6.45) is 1.62. The van der Waals surface area contributed by atoms with Gasteiger partial charge in [-0.2, -0.15) is 0 Å². The van der Waals surface area contributed by atoms with Crippen LogP contribution in [0.25, 0.3) is 0 Å². The molecule has 1 saturated heterocycles. The molecule has 2 amide bonds. The number of aliphatic carboxylic acids is 1. The smallest absolute Gasteiger partial charge is 0.326 e. The van der Waals surface area contributed by atoms with E-state index in [9.17, 15) is 14.4 Å². The Labute approximate surface area is 123 Å². The van der Waals surface area contributed by atoms with Gasteiger partial charge >= 0.3 is 18.0 Å². The lowest BCUT2D eigenvalue weighted by molar-refractivity contribution is -0.142. The van der Waals surface area contributed by atoms with Gasteiger partial charge < -0.3 is 25.4 Å². The molecular formula is C13H23N3O5. The lowest BCUT2D eigenvalue weighted by Crippen LogP contribution is -2.51. The second kappa shape index (κ2) is 8.46. The zero-order valence-electron chi connectivity index (χ0n) is 12.4. The minimum Gasteiger partial charge on any atom is -0.480 e. The van der Waals surface area contributed by atoms with Crippen molar-refractivity contribution in [1.29, 1.82) is 0 Å². The summed E-state index contributed by atoms with van der Waals surface area (Å²) < 4.78 is 4.45. The molecule has 0 aliphatic carbocycles. The van der Waals surface area contributed by atoms with Crippen molar-refractivity contribution in [3.05, 3.63) is 0 Å². The Morgan fingerprint density at radius 3 is 2.48 bits per heavy atom. The van der Waals surface area contributed by atoms with E-state index in [4.69, 9.17) is 5.11 Å². The Hall–Kier alpha value is -1.83. The Balaban J connectivity index is 2.38. The van der Waals surface area contributed by atoms with Crippen LogP contribution in [0.15, 0.2) is 0 Å². The fraction of sp³-hybridized carbons (Fsp3) is 0.769. The minimum atomic E-state index is -1.17. The Bertz CT molecular complexity index is 380. The minimum absolute atomic E-state index is 0.00281. The first-order valence-corrected chi connectivity index (χ1v) is 6.97. The summed E-state index contributed by atoms with van der Waals surface area (Å²) in [7, 11) is 3.25. The summed E-state index contributed by atoms with van der Waals surface area (Å²) in [5, 5.41) is 14.2. The zero-order chi connectivity index (χ0) is 15.8. The number of carbonyl (C=O) groups excluding carboxylic acids is 2. The van der Waals surface area contributed by atoms with Gasteiger partial charge in [-0.15, -0.1) is 0 Å². The van der Waals surface area contributed by atoms with Gasteiger partial charge in [-0.3, -0.25) is 4.79 Å². The Kier molecular flexibility index (Phi) is 6.93. The lowest BCUT2D eigenvalue weighted by Gasteiger charge is -2.29. The van der Waals surface area contributed by atoms with Crippen molar-refractivity contribution in [2.75, 3.05) is 27.2 Å². The summed E-state index contributed by atoms with van der Waals surface area (Å²) in [6, 6.07) is -1.56. The largest absolute Gasteiger partial charge is 0.480 e. The molecule has 0 unspecified atom stereocenters. The van der Waals surface area contributed by atoms with E-state index in [0.29, 0.717) is 0 Å². The molecule has 8 nitrogen and oxygen atoms in total. The van der Waals surface area contributed by atoms with E-state index >= 15 is 0 Å². The number of hydrogen-bond acceptors (Lipinski definition) is 5. The van der Waals surface area contributed by atoms with Gasteiger partial charge in [-0.1, -0.05) is 0 Å². The van der Waals surface area contributed by atoms with Gasteiger partial charge in [0.25, 0.3) is 0 Å². The number of hydrogen-bond donors (Lipinski definition) is 3. The number of carboxylic acids is 1. The van der Waals surface area contributed by atoms with Gasteiger partial charge in [-0.05, 0) is 39.4 Å². The van der Waals surface area contributed by atoms with Crippen LogP contribution < -0.4 is 10.6 Å². The maximum Gasteiger partial charge on any atom is 0.326 e. The molecule has 1 fully saturated rings. The van der Waals surface area contributed by atoms with Crippen molar-refractivity contribution < 1.29 is 24.2 Å². The highest BCUT2D eigenvalue weighted by Gasteiger charge is 2.23. The lowest BCUT2D eigenvalue weighted by atomic mass is 10.1. The topological polar surface area (TPSA) is 108 Å². The van der Waals surface area contributed by atoms with Crippen LogP contribution in [0.3, 0.4) is 0 Å². The van der Waals surface area contributed by atoms with Crippen LogP contribution in [0.2, 0.25) is 0 Å². The standard InChI is InChI=1S/C13H23N3O5/c1-16-7-5-9(6-8-16)14-13(20)15-10(12(18)19)3-4-11(17)21-2/h9-10H,3-8H2,1-2H3,(H,18,19)(H2,14,15,20)/t10-/m0/s1. The maximum absolute atomic E-state index is 11.8. The summed E-state index contributed by atoms with van der Waals surface area (Å²) in [4.78, 5) is 36.1. The number of carbonyl (C=O) groups is 3. The van der Waals surface area contributed by atoms with Crippen LogP contribution in [-0.4, -0.2) is 67.3 Å². The average molecular weight is 301 g/mol. The van der Waals surface area contributed by atoms with Gasteiger partial charge in [-0.25, -0.2) is 9.59 Å². The second-order valence-corrected chi connectivity index (χ2v) is 5.20. The maximum atomic E-state index is 11.8. The monoisotopic (exact) mass is 301 g/mol. The number of nitrogens with one attached hydrogen (secondary N) is 2. The van der Waals surface area contributed by atoms with Gasteiger partial charge in [0, 0.05) is 12.5 Å². The molecule has 120 valence electrons. The predicted molar refractivity (Wildman–Crippen MR) is 74.9 cm³/mol. The summed E-state index contributed by atoms with van der Waals surface area (Å²) in [6.45, 7) is 1.80. The SMILES string of the molecule is COC(=O)CC[C@H](NC(=O)NC1CCN(C)CC1)C(=O)O. The third-order valence-corrected chi connectivity index (χ3v) is 3.52. The van der Waals surface area contributed by atoms with E-state index in [-0.39, 0.29) is 18.9 Å². The van der Waals surface area contributed by atoms with E-state index in [1.54, 1.807) is 0 Å². The quantitative estimate of drug-likeness (QED) is 0.586. The molecule has 1 heterocycles. The van der Waals surface area contributed by atoms with E-state index in [2.05, 4.69) is 20.3 Å². The third-order valence-electron chi connectivity index (χ3n) is 3.52. The molecule has 0 bridgehead atoms. The molecule has 3 N–H and O–H groups in total. The molecular weight excluding hydrogens is 278 g/mol. The van der Waals surface area contributed by atoms with E-state index in [1.165, 1.54) is 7.11 Å². The molecule has 1 rings (SSSR count). The zero-order valence-corrected chi connectivity index (χ0v) is 12.4. The number of rotatable bonds is 6. The number of esters is 1. The fourth-order valence-corrected chi connectivity index (χ4v) is 2.16. The molecule has 0 spiro atoms. The van der Waals surface area contributed by atoms with Crippen LogP contribution in [0.5, 0.6) is 0 Å². The molecule has 0 aromatic heterocycles. The van der Waals surface area contributed by atoms with Crippen LogP contribution >= 0.6 is 0 Å². The average Bonchev–Trinajstić information content (AvgIpc) is 2.45. The van der Waals surface area contributed by atoms with Crippen molar-refractivity contribution in [2.45, 2.75) is 37.8 Å². The van der Waals surface area contributed by atoms with Crippen molar-refractivity contribution in [2.24, 2.45) is 0 Å². The summed E-state index contributed by atoms with van der Waals surface area (Å²) >= 11 is 0. The molecule has 0 aromatic carbocycles. The molecule has 0 saturated carbocycles.